The fourth-order valence-electron chi connectivity index (χ4n) is 1.80. The molecule has 2 rings (SSSR count). The Balaban J connectivity index is 2.07. The molecule has 0 spiro atoms. The summed E-state index contributed by atoms with van der Waals surface area (Å²) in [7, 11) is 0. The van der Waals surface area contributed by atoms with Gasteiger partial charge in [-0.05, 0) is 24.6 Å². The number of amides is 2. The lowest BCUT2D eigenvalue weighted by atomic mass is 10.1. The van der Waals surface area contributed by atoms with E-state index in [0.29, 0.717) is 13.0 Å². The van der Waals surface area contributed by atoms with E-state index in [4.69, 9.17) is 0 Å². The summed E-state index contributed by atoms with van der Waals surface area (Å²) in [6, 6.07) is 4.67. The van der Waals surface area contributed by atoms with Crippen LogP contribution in [0, 0.1) is 6.92 Å². The molecule has 1 aliphatic heterocycles. The summed E-state index contributed by atoms with van der Waals surface area (Å²) < 4.78 is 0. The van der Waals surface area contributed by atoms with Gasteiger partial charge in [0.2, 0.25) is 5.91 Å². The van der Waals surface area contributed by atoms with E-state index in [1.165, 1.54) is 6.07 Å². The average Bonchev–Trinajstić information content (AvgIpc) is 2.63. The molecule has 17 heavy (non-hydrogen) atoms. The minimum absolute atomic E-state index is 0.0419. The number of rotatable bonds is 2. The SMILES string of the molecule is Cc1ccc(C(=O)NC2CNC(=O)C2)c(O)c1. The Morgan fingerprint density at radius 2 is 2.29 bits per heavy atom. The fraction of sp³-hybridized carbons (Fsp3) is 0.333. The minimum Gasteiger partial charge on any atom is -0.507 e. The quantitative estimate of drug-likeness (QED) is 0.689. The van der Waals surface area contributed by atoms with Crippen LogP contribution in [0.15, 0.2) is 18.2 Å². The van der Waals surface area contributed by atoms with Gasteiger partial charge in [-0.25, -0.2) is 0 Å². The van der Waals surface area contributed by atoms with Crippen molar-refractivity contribution in [1.82, 2.24) is 10.6 Å². The van der Waals surface area contributed by atoms with Gasteiger partial charge in [-0.15, -0.1) is 0 Å². The van der Waals surface area contributed by atoms with Crippen LogP contribution in [0.25, 0.3) is 0 Å². The number of aromatic hydroxyl groups is 1. The molecule has 5 heteroatoms. The number of hydrogen-bond donors (Lipinski definition) is 3. The maximum Gasteiger partial charge on any atom is 0.255 e. The van der Waals surface area contributed by atoms with Gasteiger partial charge >= 0.3 is 0 Å². The second-order valence-electron chi connectivity index (χ2n) is 4.20. The molecule has 1 atom stereocenters. The maximum absolute atomic E-state index is 11.8. The highest BCUT2D eigenvalue weighted by Crippen LogP contribution is 2.18. The van der Waals surface area contributed by atoms with Crippen molar-refractivity contribution in [2.45, 2.75) is 19.4 Å². The van der Waals surface area contributed by atoms with E-state index in [9.17, 15) is 14.7 Å². The van der Waals surface area contributed by atoms with E-state index in [2.05, 4.69) is 10.6 Å². The van der Waals surface area contributed by atoms with Crippen molar-refractivity contribution in [3.05, 3.63) is 29.3 Å². The molecule has 1 fully saturated rings. The van der Waals surface area contributed by atoms with Gasteiger partial charge in [-0.3, -0.25) is 9.59 Å². The molecule has 0 bridgehead atoms. The Morgan fingerprint density at radius 3 is 2.88 bits per heavy atom. The number of nitrogens with one attached hydrogen (secondary N) is 2. The Morgan fingerprint density at radius 1 is 1.53 bits per heavy atom. The summed E-state index contributed by atoms with van der Waals surface area (Å²) in [5, 5.41) is 15.0. The first-order valence-corrected chi connectivity index (χ1v) is 5.43. The largest absolute Gasteiger partial charge is 0.507 e. The third kappa shape index (κ3) is 2.55. The van der Waals surface area contributed by atoms with Crippen molar-refractivity contribution < 1.29 is 14.7 Å². The van der Waals surface area contributed by atoms with Crippen LogP contribution < -0.4 is 10.6 Å². The standard InChI is InChI=1S/C12H14N2O3/c1-7-2-3-9(10(15)4-7)12(17)14-8-5-11(16)13-6-8/h2-4,8,15H,5-6H2,1H3,(H,13,16)(H,14,17). The molecule has 5 nitrogen and oxygen atoms in total. The van der Waals surface area contributed by atoms with E-state index in [0.717, 1.165) is 5.56 Å². The van der Waals surface area contributed by atoms with E-state index < -0.39 is 0 Å². The predicted octanol–water partition coefficient (Wildman–Crippen LogP) is 0.319. The number of carbonyl (C=O) groups is 2. The van der Waals surface area contributed by atoms with Gasteiger partial charge in [0.25, 0.3) is 5.91 Å². The van der Waals surface area contributed by atoms with Crippen LogP contribution in [-0.4, -0.2) is 29.5 Å². The molecule has 0 aliphatic carbocycles. The summed E-state index contributed by atoms with van der Waals surface area (Å²) in [6.45, 7) is 2.28. The zero-order valence-electron chi connectivity index (χ0n) is 9.49. The summed E-state index contributed by atoms with van der Waals surface area (Å²) in [6.07, 6.45) is 0.290. The van der Waals surface area contributed by atoms with E-state index >= 15 is 0 Å². The number of phenolic OH excluding ortho intramolecular Hbond substituents is 1. The summed E-state index contributed by atoms with van der Waals surface area (Å²) in [4.78, 5) is 22.8. The second-order valence-corrected chi connectivity index (χ2v) is 4.20. The molecule has 1 aromatic carbocycles. The molecule has 1 aliphatic rings. The molecule has 0 aromatic heterocycles. The van der Waals surface area contributed by atoms with E-state index in [-0.39, 0.29) is 29.2 Å². The molecule has 1 aromatic rings. The zero-order valence-corrected chi connectivity index (χ0v) is 9.49. The summed E-state index contributed by atoms with van der Waals surface area (Å²) in [5.41, 5.74) is 1.12. The third-order valence-corrected chi connectivity index (χ3v) is 2.71. The Kier molecular flexibility index (Phi) is 2.99. The fourth-order valence-corrected chi connectivity index (χ4v) is 1.80. The normalized spacial score (nSPS) is 18.9. The zero-order chi connectivity index (χ0) is 12.4. The third-order valence-electron chi connectivity index (χ3n) is 2.71. The number of benzene rings is 1. The lowest BCUT2D eigenvalue weighted by Gasteiger charge is -2.11. The highest BCUT2D eigenvalue weighted by molar-refractivity contribution is 5.97. The van der Waals surface area contributed by atoms with Crippen LogP contribution >= 0.6 is 0 Å². The van der Waals surface area contributed by atoms with Crippen molar-refractivity contribution >= 4 is 11.8 Å². The van der Waals surface area contributed by atoms with Crippen LogP contribution in [0.1, 0.15) is 22.3 Å². The van der Waals surface area contributed by atoms with Gasteiger partial charge in [0.15, 0.2) is 0 Å². The van der Waals surface area contributed by atoms with Gasteiger partial charge in [0.1, 0.15) is 5.75 Å². The second kappa shape index (κ2) is 4.45. The molecule has 90 valence electrons. The van der Waals surface area contributed by atoms with Gasteiger partial charge in [-0.2, -0.15) is 0 Å². The first-order valence-electron chi connectivity index (χ1n) is 5.43. The van der Waals surface area contributed by atoms with Crippen LogP contribution in [-0.2, 0) is 4.79 Å². The van der Waals surface area contributed by atoms with Crippen molar-refractivity contribution in [2.24, 2.45) is 0 Å². The van der Waals surface area contributed by atoms with E-state index in [1.54, 1.807) is 12.1 Å². The van der Waals surface area contributed by atoms with Crippen LogP contribution in [0.3, 0.4) is 0 Å². The maximum atomic E-state index is 11.8. The Hall–Kier alpha value is -2.04. The molecular formula is C12H14N2O3. The molecular weight excluding hydrogens is 220 g/mol. The highest BCUT2D eigenvalue weighted by Gasteiger charge is 2.24. The minimum atomic E-state index is -0.357. The van der Waals surface area contributed by atoms with Crippen molar-refractivity contribution in [1.29, 1.82) is 0 Å². The molecule has 0 saturated carbocycles. The van der Waals surface area contributed by atoms with Gasteiger partial charge in [0, 0.05) is 13.0 Å². The lowest BCUT2D eigenvalue weighted by molar-refractivity contribution is -0.119. The summed E-state index contributed by atoms with van der Waals surface area (Å²) >= 11 is 0. The number of aryl methyl sites for hydroxylation is 1. The molecule has 0 radical (unpaired) electrons. The first kappa shape index (κ1) is 11.4. The van der Waals surface area contributed by atoms with Crippen LogP contribution in [0.4, 0.5) is 0 Å². The topological polar surface area (TPSA) is 78.4 Å². The van der Waals surface area contributed by atoms with Gasteiger partial charge in [0.05, 0.1) is 11.6 Å². The number of hydrogen-bond acceptors (Lipinski definition) is 3. The first-order chi connectivity index (χ1) is 8.06. The molecule has 1 heterocycles. The predicted molar refractivity (Wildman–Crippen MR) is 61.7 cm³/mol. The lowest BCUT2D eigenvalue weighted by Crippen LogP contribution is -2.36. The molecule has 3 N–H and O–H groups in total. The molecule has 1 saturated heterocycles. The summed E-state index contributed by atoms with van der Waals surface area (Å²) in [5.74, 6) is -0.466. The van der Waals surface area contributed by atoms with Crippen LogP contribution in [0.5, 0.6) is 5.75 Å². The average molecular weight is 234 g/mol. The Bertz CT molecular complexity index is 471. The smallest absolute Gasteiger partial charge is 0.255 e. The Labute approximate surface area is 98.8 Å². The van der Waals surface area contributed by atoms with E-state index in [1.807, 2.05) is 6.92 Å². The molecule has 1 unspecified atom stereocenters. The monoisotopic (exact) mass is 234 g/mol. The highest BCUT2D eigenvalue weighted by atomic mass is 16.3. The van der Waals surface area contributed by atoms with Crippen molar-refractivity contribution in [2.75, 3.05) is 6.54 Å². The van der Waals surface area contributed by atoms with Crippen LogP contribution in [0.2, 0.25) is 0 Å². The van der Waals surface area contributed by atoms with Crippen molar-refractivity contribution in [3.8, 4) is 5.75 Å². The number of carbonyl (C=O) groups excluding carboxylic acids is 2. The van der Waals surface area contributed by atoms with Gasteiger partial charge in [-0.1, -0.05) is 6.07 Å². The number of phenols is 1. The molecule has 2 amide bonds. The van der Waals surface area contributed by atoms with Gasteiger partial charge < -0.3 is 15.7 Å². The van der Waals surface area contributed by atoms with Crippen molar-refractivity contribution in [3.63, 3.8) is 0 Å².